The molecule has 20 heavy (non-hydrogen) atoms. The summed E-state index contributed by atoms with van der Waals surface area (Å²) in [4.78, 5) is 0.174. The number of ether oxygens (including phenoxy) is 1. The van der Waals surface area contributed by atoms with E-state index < -0.39 is 10.0 Å². The predicted octanol–water partition coefficient (Wildman–Crippen LogP) is 2.39. The van der Waals surface area contributed by atoms with E-state index in [-0.39, 0.29) is 4.90 Å². The van der Waals surface area contributed by atoms with Gasteiger partial charge in [-0.3, -0.25) is 4.72 Å². The van der Waals surface area contributed by atoms with E-state index in [1.165, 1.54) is 6.07 Å². The molecule has 0 aliphatic carbocycles. The molecule has 0 unspecified atom stereocenters. The number of rotatable bonds is 4. The summed E-state index contributed by atoms with van der Waals surface area (Å²) in [6.45, 7) is 1.72. The Kier molecular flexibility index (Phi) is 3.85. The van der Waals surface area contributed by atoms with Crippen LogP contribution in [-0.4, -0.2) is 15.5 Å². The average Bonchev–Trinajstić information content (AvgIpc) is 2.42. The van der Waals surface area contributed by atoms with Crippen LogP contribution in [0, 0.1) is 6.92 Å². The maximum atomic E-state index is 12.3. The van der Waals surface area contributed by atoms with Gasteiger partial charge in [0.1, 0.15) is 5.75 Å². The quantitative estimate of drug-likeness (QED) is 0.848. The molecule has 5 nitrogen and oxygen atoms in total. The highest BCUT2D eigenvalue weighted by atomic mass is 32.2. The van der Waals surface area contributed by atoms with Crippen LogP contribution in [0.2, 0.25) is 0 Å². The van der Waals surface area contributed by atoms with Crippen molar-refractivity contribution in [2.75, 3.05) is 17.6 Å². The van der Waals surface area contributed by atoms with Gasteiger partial charge in [-0.25, -0.2) is 8.42 Å². The van der Waals surface area contributed by atoms with Crippen molar-refractivity contribution in [1.82, 2.24) is 0 Å². The summed E-state index contributed by atoms with van der Waals surface area (Å²) in [6.07, 6.45) is 0. The monoisotopic (exact) mass is 292 g/mol. The molecule has 0 atom stereocenters. The summed E-state index contributed by atoms with van der Waals surface area (Å²) in [7, 11) is -2.11. The third-order valence-electron chi connectivity index (χ3n) is 2.84. The summed E-state index contributed by atoms with van der Waals surface area (Å²) in [5.41, 5.74) is 7.16. The van der Waals surface area contributed by atoms with E-state index in [2.05, 4.69) is 4.72 Å². The summed E-state index contributed by atoms with van der Waals surface area (Å²) in [6, 6.07) is 11.4. The lowest BCUT2D eigenvalue weighted by molar-refractivity contribution is 0.415. The number of hydrogen-bond donors (Lipinski definition) is 2. The van der Waals surface area contributed by atoms with Crippen LogP contribution in [0.5, 0.6) is 5.75 Å². The number of anilines is 2. The molecule has 3 N–H and O–H groups in total. The molecule has 2 aromatic rings. The molecule has 0 fully saturated rings. The Balaban J connectivity index is 2.32. The van der Waals surface area contributed by atoms with E-state index in [0.717, 1.165) is 0 Å². The van der Waals surface area contributed by atoms with Crippen molar-refractivity contribution in [3.63, 3.8) is 0 Å². The number of aryl methyl sites for hydroxylation is 1. The fraction of sp³-hybridized carbons (Fsp3) is 0.143. The van der Waals surface area contributed by atoms with E-state index in [1.54, 1.807) is 50.4 Å². The zero-order valence-corrected chi connectivity index (χ0v) is 12.1. The number of benzene rings is 2. The van der Waals surface area contributed by atoms with E-state index >= 15 is 0 Å². The zero-order valence-electron chi connectivity index (χ0n) is 11.3. The van der Waals surface area contributed by atoms with Crippen molar-refractivity contribution >= 4 is 21.4 Å². The lowest BCUT2D eigenvalue weighted by atomic mass is 10.2. The summed E-state index contributed by atoms with van der Waals surface area (Å²) in [5.74, 6) is 0.660. The lowest BCUT2D eigenvalue weighted by Gasteiger charge is -2.11. The van der Waals surface area contributed by atoms with Gasteiger partial charge in [-0.1, -0.05) is 6.07 Å². The van der Waals surface area contributed by atoms with Gasteiger partial charge in [0, 0.05) is 11.4 Å². The highest BCUT2D eigenvalue weighted by Gasteiger charge is 2.17. The Morgan fingerprint density at radius 1 is 1.10 bits per heavy atom. The van der Waals surface area contributed by atoms with Crippen molar-refractivity contribution in [1.29, 1.82) is 0 Å². The lowest BCUT2D eigenvalue weighted by Crippen LogP contribution is -2.14. The van der Waals surface area contributed by atoms with Crippen molar-refractivity contribution in [2.45, 2.75) is 11.8 Å². The first kappa shape index (κ1) is 14.2. The number of nitrogen functional groups attached to an aromatic ring is 1. The van der Waals surface area contributed by atoms with Gasteiger partial charge in [0.05, 0.1) is 12.0 Å². The van der Waals surface area contributed by atoms with Crippen molar-refractivity contribution in [3.05, 3.63) is 48.0 Å². The van der Waals surface area contributed by atoms with Crippen LogP contribution in [0.1, 0.15) is 5.56 Å². The Hall–Kier alpha value is -2.21. The number of nitrogens with two attached hydrogens (primary N) is 1. The minimum atomic E-state index is -3.66. The molecule has 0 heterocycles. The third-order valence-corrected chi connectivity index (χ3v) is 4.37. The van der Waals surface area contributed by atoms with Crippen LogP contribution in [0.4, 0.5) is 11.4 Å². The van der Waals surface area contributed by atoms with E-state index in [0.29, 0.717) is 22.7 Å². The molecule has 0 aromatic heterocycles. The second-order valence-corrected chi connectivity index (χ2v) is 6.01. The molecule has 106 valence electrons. The SMILES string of the molecule is COc1ccc(NS(=O)(=O)c2cc(N)ccc2C)cc1. The number of hydrogen-bond acceptors (Lipinski definition) is 4. The summed E-state index contributed by atoms with van der Waals surface area (Å²) < 4.78 is 32.2. The topological polar surface area (TPSA) is 81.4 Å². The standard InChI is InChI=1S/C14H16N2O3S/c1-10-3-4-11(15)9-14(10)20(17,18)16-12-5-7-13(19-2)8-6-12/h3-9,16H,15H2,1-2H3. The molecule has 6 heteroatoms. The van der Waals surface area contributed by atoms with E-state index in [4.69, 9.17) is 10.5 Å². The molecule has 0 aliphatic heterocycles. The first-order valence-corrected chi connectivity index (χ1v) is 7.44. The van der Waals surface area contributed by atoms with Gasteiger partial charge < -0.3 is 10.5 Å². The molecular formula is C14H16N2O3S. The van der Waals surface area contributed by atoms with Crippen LogP contribution in [0.15, 0.2) is 47.4 Å². The van der Waals surface area contributed by atoms with Gasteiger partial charge in [0.15, 0.2) is 0 Å². The molecule has 0 saturated heterocycles. The van der Waals surface area contributed by atoms with Gasteiger partial charge in [-0.15, -0.1) is 0 Å². The summed E-state index contributed by atoms with van der Waals surface area (Å²) in [5, 5.41) is 0. The highest BCUT2D eigenvalue weighted by molar-refractivity contribution is 7.92. The van der Waals surface area contributed by atoms with Crippen LogP contribution >= 0.6 is 0 Å². The maximum absolute atomic E-state index is 12.3. The highest BCUT2D eigenvalue weighted by Crippen LogP contribution is 2.22. The molecule has 2 aromatic carbocycles. The van der Waals surface area contributed by atoms with Crippen LogP contribution in [0.25, 0.3) is 0 Å². The molecule has 0 radical (unpaired) electrons. The molecule has 0 bridgehead atoms. The second kappa shape index (κ2) is 5.42. The van der Waals surface area contributed by atoms with Gasteiger partial charge in [0.25, 0.3) is 10.0 Å². The Bertz CT molecular complexity index is 710. The maximum Gasteiger partial charge on any atom is 0.262 e. The van der Waals surface area contributed by atoms with Crippen LogP contribution in [-0.2, 0) is 10.0 Å². The van der Waals surface area contributed by atoms with Gasteiger partial charge >= 0.3 is 0 Å². The van der Waals surface area contributed by atoms with Crippen molar-refractivity contribution < 1.29 is 13.2 Å². The normalized spacial score (nSPS) is 11.1. The smallest absolute Gasteiger partial charge is 0.262 e. The third kappa shape index (κ3) is 3.03. The number of sulfonamides is 1. The van der Waals surface area contributed by atoms with Gasteiger partial charge in [-0.2, -0.15) is 0 Å². The zero-order chi connectivity index (χ0) is 14.8. The van der Waals surface area contributed by atoms with Crippen molar-refractivity contribution in [2.24, 2.45) is 0 Å². The Morgan fingerprint density at radius 2 is 1.75 bits per heavy atom. The Labute approximate surface area is 118 Å². The molecule has 0 amide bonds. The Morgan fingerprint density at radius 3 is 2.35 bits per heavy atom. The van der Waals surface area contributed by atoms with E-state index in [9.17, 15) is 8.42 Å². The fourth-order valence-corrected chi connectivity index (χ4v) is 3.11. The van der Waals surface area contributed by atoms with E-state index in [1.807, 2.05) is 0 Å². The minimum Gasteiger partial charge on any atom is -0.497 e. The molecule has 0 aliphatic rings. The van der Waals surface area contributed by atoms with Crippen LogP contribution < -0.4 is 15.2 Å². The molecule has 0 saturated carbocycles. The molecule has 0 spiro atoms. The first-order chi connectivity index (χ1) is 9.42. The van der Waals surface area contributed by atoms with Crippen LogP contribution in [0.3, 0.4) is 0 Å². The van der Waals surface area contributed by atoms with Crippen molar-refractivity contribution in [3.8, 4) is 5.75 Å². The average molecular weight is 292 g/mol. The number of nitrogens with one attached hydrogen (secondary N) is 1. The van der Waals surface area contributed by atoms with Gasteiger partial charge in [0.2, 0.25) is 0 Å². The fourth-order valence-electron chi connectivity index (χ4n) is 1.78. The first-order valence-electron chi connectivity index (χ1n) is 5.95. The molecular weight excluding hydrogens is 276 g/mol. The predicted molar refractivity (Wildman–Crippen MR) is 79.4 cm³/mol. The minimum absolute atomic E-state index is 0.174. The second-order valence-electron chi connectivity index (χ2n) is 4.36. The number of methoxy groups -OCH3 is 1. The molecule has 2 rings (SSSR count). The van der Waals surface area contributed by atoms with Gasteiger partial charge in [-0.05, 0) is 48.9 Å². The largest absolute Gasteiger partial charge is 0.497 e. The summed E-state index contributed by atoms with van der Waals surface area (Å²) >= 11 is 0.